The highest BCUT2D eigenvalue weighted by atomic mass is 19.4. The van der Waals surface area contributed by atoms with Crippen molar-refractivity contribution in [3.8, 4) is 17.1 Å². The lowest BCUT2D eigenvalue weighted by atomic mass is 10.0. The van der Waals surface area contributed by atoms with Crippen molar-refractivity contribution in [3.05, 3.63) is 84.3 Å². The van der Waals surface area contributed by atoms with Crippen LogP contribution in [0, 0.1) is 0 Å². The summed E-state index contributed by atoms with van der Waals surface area (Å²) in [4.78, 5) is 19.8. The fourth-order valence-electron chi connectivity index (χ4n) is 2.75. The zero-order valence-corrected chi connectivity index (χ0v) is 14.8. The maximum Gasteiger partial charge on any atom is 0.471 e. The minimum absolute atomic E-state index is 0.0751. The number of imidazole rings is 1. The molecule has 4 rings (SSSR count). The topological polar surface area (TPSA) is 73.8 Å². The van der Waals surface area contributed by atoms with Crippen molar-refractivity contribution < 1.29 is 22.5 Å². The Morgan fingerprint density at radius 3 is 2.34 bits per heavy atom. The molecule has 6 nitrogen and oxygen atoms in total. The number of hydrogen-bond donors (Lipinski definition) is 0. The van der Waals surface area contributed by atoms with Crippen LogP contribution in [-0.4, -0.2) is 25.5 Å². The van der Waals surface area contributed by atoms with Gasteiger partial charge < -0.3 is 9.09 Å². The zero-order chi connectivity index (χ0) is 20.4. The minimum Gasteiger partial charge on any atom is -0.329 e. The van der Waals surface area contributed by atoms with Gasteiger partial charge in [0.2, 0.25) is 5.82 Å². The number of benzene rings is 2. The molecule has 0 unspecified atom stereocenters. The number of nitrogens with zero attached hydrogens (tertiary/aromatic N) is 4. The van der Waals surface area contributed by atoms with Gasteiger partial charge >= 0.3 is 12.1 Å². The van der Waals surface area contributed by atoms with Gasteiger partial charge in [0.15, 0.2) is 5.78 Å². The van der Waals surface area contributed by atoms with Crippen LogP contribution >= 0.6 is 0 Å². The Balaban J connectivity index is 1.44. The highest BCUT2D eigenvalue weighted by Crippen LogP contribution is 2.29. The number of alkyl halides is 3. The third-order valence-corrected chi connectivity index (χ3v) is 4.24. The molecular formula is C20H13F3N4O2. The summed E-state index contributed by atoms with van der Waals surface area (Å²) in [6.45, 7) is 0. The number of carbonyl (C=O) groups excluding carboxylic acids is 1. The quantitative estimate of drug-likeness (QED) is 0.467. The van der Waals surface area contributed by atoms with Gasteiger partial charge in [0.1, 0.15) is 0 Å². The Morgan fingerprint density at radius 2 is 1.76 bits per heavy atom. The number of hydrogen-bond acceptors (Lipinski definition) is 5. The summed E-state index contributed by atoms with van der Waals surface area (Å²) in [5.74, 6) is -1.63. The lowest BCUT2D eigenvalue weighted by Gasteiger charge is -2.05. The van der Waals surface area contributed by atoms with Gasteiger partial charge in [-0.2, -0.15) is 18.2 Å². The summed E-state index contributed by atoms with van der Waals surface area (Å²) >= 11 is 0. The lowest BCUT2D eigenvalue weighted by molar-refractivity contribution is -0.159. The van der Waals surface area contributed by atoms with E-state index in [2.05, 4.69) is 19.6 Å². The van der Waals surface area contributed by atoms with Crippen LogP contribution < -0.4 is 0 Å². The van der Waals surface area contributed by atoms with E-state index in [1.165, 1.54) is 0 Å². The highest BCUT2D eigenvalue weighted by Gasteiger charge is 2.38. The summed E-state index contributed by atoms with van der Waals surface area (Å²) < 4.78 is 43.7. The molecule has 4 aromatic rings. The van der Waals surface area contributed by atoms with Gasteiger partial charge in [0.05, 0.1) is 6.33 Å². The van der Waals surface area contributed by atoms with Crippen molar-refractivity contribution in [2.75, 3.05) is 0 Å². The van der Waals surface area contributed by atoms with Crippen molar-refractivity contribution in [2.24, 2.45) is 0 Å². The van der Waals surface area contributed by atoms with Crippen molar-refractivity contribution in [1.29, 1.82) is 0 Å². The zero-order valence-electron chi connectivity index (χ0n) is 14.8. The van der Waals surface area contributed by atoms with E-state index in [9.17, 15) is 18.0 Å². The highest BCUT2D eigenvalue weighted by molar-refractivity contribution is 5.97. The van der Waals surface area contributed by atoms with E-state index >= 15 is 0 Å². The molecule has 0 aliphatic heterocycles. The van der Waals surface area contributed by atoms with Gasteiger partial charge in [0.25, 0.3) is 0 Å². The largest absolute Gasteiger partial charge is 0.471 e. The molecule has 0 N–H and O–H groups in total. The van der Waals surface area contributed by atoms with Crippen LogP contribution in [0.2, 0.25) is 0 Å². The predicted octanol–water partition coefficient (Wildman–Crippen LogP) is 4.37. The van der Waals surface area contributed by atoms with Crippen molar-refractivity contribution in [1.82, 2.24) is 19.7 Å². The van der Waals surface area contributed by atoms with Crippen LogP contribution in [0.15, 0.2) is 71.8 Å². The van der Waals surface area contributed by atoms with Crippen LogP contribution in [0.5, 0.6) is 0 Å². The van der Waals surface area contributed by atoms with Crippen LogP contribution in [0.4, 0.5) is 13.2 Å². The third kappa shape index (κ3) is 4.08. The van der Waals surface area contributed by atoms with Gasteiger partial charge in [-0.1, -0.05) is 29.4 Å². The van der Waals surface area contributed by atoms with Crippen LogP contribution in [0.1, 0.15) is 21.8 Å². The molecule has 0 amide bonds. The molecule has 2 aromatic heterocycles. The van der Waals surface area contributed by atoms with Gasteiger partial charge in [-0.05, 0) is 29.8 Å². The van der Waals surface area contributed by atoms with E-state index < -0.39 is 12.1 Å². The first-order valence-corrected chi connectivity index (χ1v) is 8.52. The average Bonchev–Trinajstić information content (AvgIpc) is 3.41. The minimum atomic E-state index is -4.69. The van der Waals surface area contributed by atoms with E-state index in [4.69, 9.17) is 0 Å². The molecule has 0 radical (unpaired) electrons. The normalized spacial score (nSPS) is 11.6. The maximum absolute atomic E-state index is 12.6. The molecule has 29 heavy (non-hydrogen) atoms. The second-order valence-electron chi connectivity index (χ2n) is 6.23. The van der Waals surface area contributed by atoms with Crippen molar-refractivity contribution >= 4 is 5.78 Å². The standard InChI is InChI=1S/C20H13F3N4O2/c21-20(22,23)19-25-18(26-29-19)15-3-1-13(2-4-15)11-17(28)14-5-7-16(8-6-14)27-10-9-24-12-27/h1-10,12H,11H2. The molecule has 2 aromatic carbocycles. The molecule has 0 saturated carbocycles. The van der Waals surface area contributed by atoms with E-state index in [-0.39, 0.29) is 18.0 Å². The Morgan fingerprint density at radius 1 is 1.03 bits per heavy atom. The van der Waals surface area contributed by atoms with Crippen LogP contribution in [0.3, 0.4) is 0 Å². The van der Waals surface area contributed by atoms with Crippen molar-refractivity contribution in [2.45, 2.75) is 12.6 Å². The lowest BCUT2D eigenvalue weighted by Crippen LogP contribution is -2.05. The van der Waals surface area contributed by atoms with Crippen LogP contribution in [-0.2, 0) is 12.6 Å². The molecule has 0 atom stereocenters. The Labute approximate surface area is 162 Å². The monoisotopic (exact) mass is 398 g/mol. The smallest absolute Gasteiger partial charge is 0.329 e. The van der Waals surface area contributed by atoms with E-state index in [1.54, 1.807) is 55.1 Å². The number of aromatic nitrogens is 4. The Kier molecular flexibility index (Phi) is 4.71. The molecule has 0 saturated heterocycles. The SMILES string of the molecule is O=C(Cc1ccc(-c2noc(C(F)(F)F)n2)cc1)c1ccc(-n2ccnc2)cc1. The van der Waals surface area contributed by atoms with Gasteiger partial charge in [-0.25, -0.2) is 4.98 Å². The fraction of sp³-hybridized carbons (Fsp3) is 0.100. The molecule has 0 fully saturated rings. The van der Waals surface area contributed by atoms with Crippen LogP contribution in [0.25, 0.3) is 17.1 Å². The first-order chi connectivity index (χ1) is 13.9. The molecular weight excluding hydrogens is 385 g/mol. The molecule has 9 heteroatoms. The number of rotatable bonds is 5. The average molecular weight is 398 g/mol. The van der Waals surface area contributed by atoms with E-state index in [0.717, 1.165) is 11.3 Å². The second kappa shape index (κ2) is 7.34. The fourth-order valence-corrected chi connectivity index (χ4v) is 2.75. The van der Waals surface area contributed by atoms with Crippen molar-refractivity contribution in [3.63, 3.8) is 0 Å². The summed E-state index contributed by atoms with van der Waals surface area (Å²) in [6, 6.07) is 13.5. The van der Waals surface area contributed by atoms with Gasteiger partial charge in [-0.3, -0.25) is 4.79 Å². The van der Waals surface area contributed by atoms with E-state index in [1.807, 2.05) is 16.7 Å². The molecule has 0 bridgehead atoms. The second-order valence-corrected chi connectivity index (χ2v) is 6.23. The molecule has 2 heterocycles. The Hall–Kier alpha value is -3.75. The first-order valence-electron chi connectivity index (χ1n) is 8.52. The summed E-state index contributed by atoms with van der Waals surface area (Å²) in [6.07, 6.45) is 0.608. The number of Topliss-reactive ketones (excluding diaryl/α,β-unsaturated/α-hetero) is 1. The first kappa shape index (κ1) is 18.6. The maximum atomic E-state index is 12.6. The molecule has 0 aliphatic rings. The molecule has 0 spiro atoms. The van der Waals surface area contributed by atoms with E-state index in [0.29, 0.717) is 11.1 Å². The Bertz CT molecular complexity index is 1120. The number of halogens is 3. The van der Waals surface area contributed by atoms with Gasteiger partial charge in [-0.15, -0.1) is 0 Å². The molecule has 0 aliphatic carbocycles. The summed E-state index contributed by atoms with van der Waals surface area (Å²) in [7, 11) is 0. The molecule has 146 valence electrons. The number of carbonyl (C=O) groups is 1. The number of ketones is 1. The summed E-state index contributed by atoms with van der Waals surface area (Å²) in [5.41, 5.74) is 2.54. The van der Waals surface area contributed by atoms with Gasteiger partial charge in [0, 0.05) is 35.6 Å². The summed E-state index contributed by atoms with van der Waals surface area (Å²) in [5, 5.41) is 3.34. The third-order valence-electron chi connectivity index (χ3n) is 4.24. The predicted molar refractivity (Wildman–Crippen MR) is 96.3 cm³/mol.